The van der Waals surface area contributed by atoms with Crippen LogP contribution in [0.2, 0.25) is 0 Å². The number of carbonyl (C=O) groups is 1. The highest BCUT2D eigenvalue weighted by atomic mass is 16.2. The van der Waals surface area contributed by atoms with Crippen molar-refractivity contribution >= 4 is 17.4 Å². The molecular formula is C24H31N5O. The Morgan fingerprint density at radius 3 is 2.60 bits per heavy atom. The van der Waals surface area contributed by atoms with Gasteiger partial charge in [0, 0.05) is 49.7 Å². The van der Waals surface area contributed by atoms with Gasteiger partial charge in [-0.05, 0) is 57.1 Å². The second-order valence-corrected chi connectivity index (χ2v) is 8.77. The van der Waals surface area contributed by atoms with Gasteiger partial charge >= 0.3 is 0 Å². The molecule has 0 N–H and O–H groups in total. The van der Waals surface area contributed by atoms with Gasteiger partial charge in [-0.15, -0.1) is 0 Å². The summed E-state index contributed by atoms with van der Waals surface area (Å²) in [5.74, 6) is 2.26. The minimum atomic E-state index is 0.228. The lowest BCUT2D eigenvalue weighted by molar-refractivity contribution is -0.119. The third kappa shape index (κ3) is 3.81. The fourth-order valence-electron chi connectivity index (χ4n) is 5.14. The van der Waals surface area contributed by atoms with Crippen molar-refractivity contribution in [1.82, 2.24) is 14.9 Å². The Hall–Kier alpha value is -2.47. The lowest BCUT2D eigenvalue weighted by Crippen LogP contribution is -2.51. The lowest BCUT2D eigenvalue weighted by atomic mass is 9.96. The summed E-state index contributed by atoms with van der Waals surface area (Å²) < 4.78 is 0. The molecule has 1 fully saturated rings. The molecule has 1 aromatic carbocycles. The number of aryl methyl sites for hydroxylation is 3. The van der Waals surface area contributed by atoms with Crippen LogP contribution < -0.4 is 9.80 Å². The zero-order valence-corrected chi connectivity index (χ0v) is 17.9. The second kappa shape index (κ2) is 8.34. The predicted octanol–water partition coefficient (Wildman–Crippen LogP) is 2.77. The number of para-hydroxylation sites is 1. The average Bonchev–Trinajstić information content (AvgIpc) is 2.78. The highest BCUT2D eigenvalue weighted by Gasteiger charge is 2.27. The first-order valence-corrected chi connectivity index (χ1v) is 11.4. The van der Waals surface area contributed by atoms with Crippen LogP contribution in [0, 0.1) is 6.92 Å². The van der Waals surface area contributed by atoms with Gasteiger partial charge in [0.1, 0.15) is 11.6 Å². The van der Waals surface area contributed by atoms with E-state index < -0.39 is 0 Å². The van der Waals surface area contributed by atoms with Gasteiger partial charge in [-0.1, -0.05) is 18.2 Å². The third-order valence-corrected chi connectivity index (χ3v) is 6.72. The molecule has 0 bridgehead atoms. The van der Waals surface area contributed by atoms with Gasteiger partial charge in [-0.3, -0.25) is 9.69 Å². The van der Waals surface area contributed by atoms with E-state index in [-0.39, 0.29) is 5.91 Å². The van der Waals surface area contributed by atoms with E-state index in [1.807, 2.05) is 17.9 Å². The maximum atomic E-state index is 13.1. The number of anilines is 2. The maximum Gasteiger partial charge on any atom is 0.241 e. The minimum Gasteiger partial charge on any atom is -0.354 e. The van der Waals surface area contributed by atoms with Crippen molar-refractivity contribution in [1.29, 1.82) is 0 Å². The lowest BCUT2D eigenvalue weighted by Gasteiger charge is -2.38. The van der Waals surface area contributed by atoms with Crippen molar-refractivity contribution in [3.63, 3.8) is 0 Å². The molecule has 3 aliphatic rings. The number of amides is 1. The van der Waals surface area contributed by atoms with Crippen LogP contribution in [0.5, 0.6) is 0 Å². The van der Waals surface area contributed by atoms with Crippen LogP contribution >= 0.6 is 0 Å². The SMILES string of the molecule is Cc1nc2c(c(N3CCN(CC(=O)N4CCCc5ccccc54)CC3)n1)CCCC2. The van der Waals surface area contributed by atoms with Gasteiger partial charge in [0.15, 0.2) is 0 Å². The summed E-state index contributed by atoms with van der Waals surface area (Å²) in [6.07, 6.45) is 6.77. The standard InChI is InChI=1S/C24H31N5O/c1-18-25-21-10-4-3-9-20(21)24(26-18)28-15-13-27(14-16-28)17-23(30)29-12-6-8-19-7-2-5-11-22(19)29/h2,5,7,11H,3-4,6,8-10,12-17H2,1H3. The molecule has 0 atom stereocenters. The maximum absolute atomic E-state index is 13.1. The Morgan fingerprint density at radius 2 is 1.73 bits per heavy atom. The van der Waals surface area contributed by atoms with E-state index in [0.717, 1.165) is 75.7 Å². The highest BCUT2D eigenvalue weighted by molar-refractivity contribution is 5.96. The van der Waals surface area contributed by atoms with Crippen LogP contribution in [0.15, 0.2) is 24.3 Å². The largest absolute Gasteiger partial charge is 0.354 e. The van der Waals surface area contributed by atoms with Crippen molar-refractivity contribution in [2.75, 3.05) is 49.1 Å². The van der Waals surface area contributed by atoms with Gasteiger partial charge < -0.3 is 9.80 Å². The molecule has 0 saturated carbocycles. The van der Waals surface area contributed by atoms with E-state index in [0.29, 0.717) is 6.54 Å². The molecule has 2 aromatic rings. The second-order valence-electron chi connectivity index (χ2n) is 8.77. The van der Waals surface area contributed by atoms with Crippen molar-refractivity contribution in [3.05, 3.63) is 46.9 Å². The Balaban J connectivity index is 1.23. The summed E-state index contributed by atoms with van der Waals surface area (Å²) in [5, 5.41) is 0. The molecule has 30 heavy (non-hydrogen) atoms. The van der Waals surface area contributed by atoms with E-state index in [4.69, 9.17) is 9.97 Å². The number of piperazine rings is 1. The van der Waals surface area contributed by atoms with Gasteiger partial charge in [0.2, 0.25) is 5.91 Å². The van der Waals surface area contributed by atoms with Crippen LogP contribution in [-0.2, 0) is 24.1 Å². The number of carbonyl (C=O) groups excluding carboxylic acids is 1. The van der Waals surface area contributed by atoms with Gasteiger partial charge in [-0.25, -0.2) is 9.97 Å². The molecule has 0 radical (unpaired) electrons. The molecule has 158 valence electrons. The first-order chi connectivity index (χ1) is 14.7. The zero-order valence-electron chi connectivity index (χ0n) is 17.9. The van der Waals surface area contributed by atoms with E-state index in [9.17, 15) is 4.79 Å². The number of nitrogens with zero attached hydrogens (tertiary/aromatic N) is 5. The van der Waals surface area contributed by atoms with Crippen LogP contribution in [0.25, 0.3) is 0 Å². The summed E-state index contributed by atoms with van der Waals surface area (Å²) in [5.41, 5.74) is 5.02. The molecule has 0 spiro atoms. The Morgan fingerprint density at radius 1 is 0.933 bits per heavy atom. The molecule has 1 amide bonds. The summed E-state index contributed by atoms with van der Waals surface area (Å²) >= 11 is 0. The summed E-state index contributed by atoms with van der Waals surface area (Å²) in [6.45, 7) is 6.99. The minimum absolute atomic E-state index is 0.228. The average molecular weight is 406 g/mol. The predicted molar refractivity (Wildman–Crippen MR) is 119 cm³/mol. The molecular weight excluding hydrogens is 374 g/mol. The number of hydrogen-bond acceptors (Lipinski definition) is 5. The normalized spacial score (nSPS) is 19.4. The Kier molecular flexibility index (Phi) is 5.42. The molecule has 1 saturated heterocycles. The molecule has 6 nitrogen and oxygen atoms in total. The number of hydrogen-bond donors (Lipinski definition) is 0. The topological polar surface area (TPSA) is 52.6 Å². The van der Waals surface area contributed by atoms with E-state index in [1.165, 1.54) is 29.7 Å². The third-order valence-electron chi connectivity index (χ3n) is 6.72. The monoisotopic (exact) mass is 405 g/mol. The first kappa shape index (κ1) is 19.5. The summed E-state index contributed by atoms with van der Waals surface area (Å²) in [6, 6.07) is 8.34. The molecule has 0 unspecified atom stereocenters. The van der Waals surface area contributed by atoms with Gasteiger partial charge in [0.05, 0.1) is 6.54 Å². The van der Waals surface area contributed by atoms with E-state index in [1.54, 1.807) is 0 Å². The molecule has 2 aliphatic heterocycles. The number of rotatable bonds is 3. The highest BCUT2D eigenvalue weighted by Crippen LogP contribution is 2.29. The molecule has 5 rings (SSSR count). The van der Waals surface area contributed by atoms with Crippen molar-refractivity contribution in [3.8, 4) is 0 Å². The Labute approximate surface area is 178 Å². The number of fused-ring (bicyclic) bond motifs is 2. The van der Waals surface area contributed by atoms with Crippen LogP contribution in [-0.4, -0.2) is 60.0 Å². The molecule has 6 heteroatoms. The molecule has 1 aliphatic carbocycles. The van der Waals surface area contributed by atoms with E-state index >= 15 is 0 Å². The Bertz CT molecular complexity index is 935. The van der Waals surface area contributed by atoms with Crippen LogP contribution in [0.3, 0.4) is 0 Å². The fraction of sp³-hybridized carbons (Fsp3) is 0.542. The van der Waals surface area contributed by atoms with Crippen LogP contribution in [0.4, 0.5) is 11.5 Å². The summed E-state index contributed by atoms with van der Waals surface area (Å²) in [4.78, 5) is 29.3. The molecule has 1 aromatic heterocycles. The zero-order chi connectivity index (χ0) is 20.5. The number of aromatic nitrogens is 2. The van der Waals surface area contributed by atoms with Gasteiger partial charge in [-0.2, -0.15) is 0 Å². The molecule has 3 heterocycles. The van der Waals surface area contributed by atoms with E-state index in [2.05, 4.69) is 28.0 Å². The van der Waals surface area contributed by atoms with Crippen molar-refractivity contribution in [2.45, 2.75) is 45.4 Å². The smallest absolute Gasteiger partial charge is 0.241 e. The van der Waals surface area contributed by atoms with Crippen LogP contribution in [0.1, 0.15) is 41.9 Å². The first-order valence-electron chi connectivity index (χ1n) is 11.4. The summed E-state index contributed by atoms with van der Waals surface area (Å²) in [7, 11) is 0. The number of benzene rings is 1. The van der Waals surface area contributed by atoms with Crippen molar-refractivity contribution in [2.24, 2.45) is 0 Å². The quantitative estimate of drug-likeness (QED) is 0.786. The van der Waals surface area contributed by atoms with Crippen molar-refractivity contribution < 1.29 is 4.79 Å². The van der Waals surface area contributed by atoms with Gasteiger partial charge in [0.25, 0.3) is 0 Å². The fourth-order valence-corrected chi connectivity index (χ4v) is 5.14.